The van der Waals surface area contributed by atoms with Crippen LogP contribution in [0.3, 0.4) is 0 Å². The van der Waals surface area contributed by atoms with E-state index in [4.69, 9.17) is 0 Å². The molecule has 3 nitrogen and oxygen atoms in total. The third-order valence-corrected chi connectivity index (χ3v) is 2.96. The zero-order valence-corrected chi connectivity index (χ0v) is 10.3. The van der Waals surface area contributed by atoms with E-state index in [-0.39, 0.29) is 11.5 Å². The standard InChI is InChI=1S/C15H15NO2/c1-12-6-2-3-7-13(12)9-10-15(18)16-11-5-4-8-14(16)17/h2-8,11H,9-10H2,1H3. The van der Waals surface area contributed by atoms with Crippen LogP contribution in [0.25, 0.3) is 0 Å². The van der Waals surface area contributed by atoms with Gasteiger partial charge in [-0.2, -0.15) is 0 Å². The molecule has 0 bridgehead atoms. The van der Waals surface area contributed by atoms with Crippen molar-refractivity contribution >= 4 is 5.91 Å². The predicted molar refractivity (Wildman–Crippen MR) is 70.8 cm³/mol. The lowest BCUT2D eigenvalue weighted by atomic mass is 10.0. The van der Waals surface area contributed by atoms with Crippen LogP contribution in [-0.4, -0.2) is 10.5 Å². The highest BCUT2D eigenvalue weighted by molar-refractivity contribution is 5.78. The van der Waals surface area contributed by atoms with Gasteiger partial charge in [0.15, 0.2) is 0 Å². The Balaban J connectivity index is 2.08. The second-order valence-corrected chi connectivity index (χ2v) is 4.23. The monoisotopic (exact) mass is 241 g/mol. The van der Waals surface area contributed by atoms with E-state index in [1.807, 2.05) is 31.2 Å². The molecular weight excluding hydrogens is 226 g/mol. The Bertz CT molecular complexity index is 614. The number of nitrogens with zero attached hydrogens (tertiary/aromatic N) is 1. The molecule has 0 N–H and O–H groups in total. The molecule has 0 spiro atoms. The molecule has 1 aromatic heterocycles. The summed E-state index contributed by atoms with van der Waals surface area (Å²) in [5.41, 5.74) is 2.05. The van der Waals surface area contributed by atoms with E-state index in [1.54, 1.807) is 12.1 Å². The smallest absolute Gasteiger partial charge is 0.257 e. The lowest BCUT2D eigenvalue weighted by Gasteiger charge is -2.06. The highest BCUT2D eigenvalue weighted by Crippen LogP contribution is 2.09. The molecule has 3 heteroatoms. The van der Waals surface area contributed by atoms with Gasteiger partial charge in [-0.05, 0) is 30.5 Å². The van der Waals surface area contributed by atoms with Crippen molar-refractivity contribution in [2.45, 2.75) is 19.8 Å². The van der Waals surface area contributed by atoms with Gasteiger partial charge >= 0.3 is 0 Å². The van der Waals surface area contributed by atoms with Crippen LogP contribution in [0.4, 0.5) is 0 Å². The third-order valence-electron chi connectivity index (χ3n) is 2.96. The topological polar surface area (TPSA) is 39.1 Å². The summed E-state index contributed by atoms with van der Waals surface area (Å²) in [5.74, 6) is -0.163. The van der Waals surface area contributed by atoms with Crippen molar-refractivity contribution in [3.05, 3.63) is 70.1 Å². The summed E-state index contributed by atoms with van der Waals surface area (Å²) in [6, 6.07) is 12.7. The van der Waals surface area contributed by atoms with Crippen molar-refractivity contribution in [2.75, 3.05) is 0 Å². The first-order chi connectivity index (χ1) is 8.68. The second kappa shape index (κ2) is 5.45. The predicted octanol–water partition coefficient (Wildman–Crippen LogP) is 2.43. The minimum atomic E-state index is -0.271. The SMILES string of the molecule is Cc1ccccc1CCC(=O)n1ccccc1=O. The molecule has 92 valence electrons. The Morgan fingerprint density at radius 1 is 1.11 bits per heavy atom. The van der Waals surface area contributed by atoms with E-state index in [9.17, 15) is 9.59 Å². The summed E-state index contributed by atoms with van der Waals surface area (Å²) >= 11 is 0. The lowest BCUT2D eigenvalue weighted by Crippen LogP contribution is -2.25. The molecule has 0 saturated heterocycles. The summed E-state index contributed by atoms with van der Waals surface area (Å²) in [7, 11) is 0. The van der Waals surface area contributed by atoms with Crippen molar-refractivity contribution in [1.29, 1.82) is 0 Å². The van der Waals surface area contributed by atoms with Crippen molar-refractivity contribution in [1.82, 2.24) is 4.57 Å². The van der Waals surface area contributed by atoms with Crippen LogP contribution in [0, 0.1) is 6.92 Å². The molecule has 0 aliphatic carbocycles. The fourth-order valence-corrected chi connectivity index (χ4v) is 1.89. The van der Waals surface area contributed by atoms with Gasteiger partial charge in [0.1, 0.15) is 0 Å². The van der Waals surface area contributed by atoms with Gasteiger partial charge in [-0.1, -0.05) is 30.3 Å². The van der Waals surface area contributed by atoms with E-state index in [1.165, 1.54) is 17.8 Å². The summed E-state index contributed by atoms with van der Waals surface area (Å²) < 4.78 is 1.16. The molecule has 0 fully saturated rings. The Hall–Kier alpha value is -2.16. The van der Waals surface area contributed by atoms with Crippen LogP contribution in [0.2, 0.25) is 0 Å². The number of carbonyl (C=O) groups excluding carboxylic acids is 1. The van der Waals surface area contributed by atoms with Crippen molar-refractivity contribution in [3.63, 3.8) is 0 Å². The second-order valence-electron chi connectivity index (χ2n) is 4.23. The number of benzene rings is 1. The maximum absolute atomic E-state index is 11.9. The molecule has 0 amide bonds. The number of aromatic nitrogens is 1. The molecule has 0 unspecified atom stereocenters. The molecule has 1 aromatic carbocycles. The Labute approximate surface area is 106 Å². The number of hydrogen-bond acceptors (Lipinski definition) is 2. The van der Waals surface area contributed by atoms with Crippen LogP contribution < -0.4 is 5.56 Å². The molecule has 18 heavy (non-hydrogen) atoms. The first-order valence-corrected chi connectivity index (χ1v) is 5.94. The van der Waals surface area contributed by atoms with Gasteiger partial charge in [0.05, 0.1) is 0 Å². The fourth-order valence-electron chi connectivity index (χ4n) is 1.89. The summed E-state index contributed by atoms with van der Waals surface area (Å²) in [6.07, 6.45) is 2.52. The van der Waals surface area contributed by atoms with Gasteiger partial charge in [0, 0.05) is 18.7 Å². The van der Waals surface area contributed by atoms with E-state index in [2.05, 4.69) is 0 Å². The summed E-state index contributed by atoms with van der Waals surface area (Å²) in [5, 5.41) is 0. The number of pyridine rings is 1. The number of hydrogen-bond donors (Lipinski definition) is 0. The normalized spacial score (nSPS) is 10.3. The number of aryl methyl sites for hydroxylation is 2. The average Bonchev–Trinajstić information content (AvgIpc) is 2.38. The highest BCUT2D eigenvalue weighted by Gasteiger charge is 2.07. The molecule has 0 aliphatic rings. The molecule has 1 heterocycles. The molecular formula is C15H15NO2. The number of rotatable bonds is 3. The van der Waals surface area contributed by atoms with Gasteiger partial charge in [-0.15, -0.1) is 0 Å². The average molecular weight is 241 g/mol. The van der Waals surface area contributed by atoms with Crippen molar-refractivity contribution in [3.8, 4) is 0 Å². The van der Waals surface area contributed by atoms with E-state index >= 15 is 0 Å². The third kappa shape index (κ3) is 2.74. The molecule has 0 saturated carbocycles. The summed E-state index contributed by atoms with van der Waals surface area (Å²) in [4.78, 5) is 23.4. The van der Waals surface area contributed by atoms with Gasteiger partial charge in [-0.3, -0.25) is 14.2 Å². The minimum absolute atomic E-state index is 0.163. The molecule has 2 rings (SSSR count). The molecule has 0 radical (unpaired) electrons. The zero-order valence-electron chi connectivity index (χ0n) is 10.3. The minimum Gasteiger partial charge on any atom is -0.274 e. The van der Waals surface area contributed by atoms with E-state index in [0.29, 0.717) is 12.8 Å². The quantitative estimate of drug-likeness (QED) is 0.827. The van der Waals surface area contributed by atoms with E-state index < -0.39 is 0 Å². The fraction of sp³-hybridized carbons (Fsp3) is 0.200. The van der Waals surface area contributed by atoms with Crippen molar-refractivity contribution in [2.24, 2.45) is 0 Å². The Morgan fingerprint density at radius 3 is 2.56 bits per heavy atom. The van der Waals surface area contributed by atoms with Crippen LogP contribution in [0.1, 0.15) is 22.3 Å². The lowest BCUT2D eigenvalue weighted by molar-refractivity contribution is 0.0898. The zero-order chi connectivity index (χ0) is 13.0. The maximum atomic E-state index is 11.9. The Morgan fingerprint density at radius 2 is 1.83 bits per heavy atom. The van der Waals surface area contributed by atoms with Crippen LogP contribution >= 0.6 is 0 Å². The van der Waals surface area contributed by atoms with Crippen molar-refractivity contribution < 1.29 is 4.79 Å². The van der Waals surface area contributed by atoms with Gasteiger partial charge in [0.25, 0.3) is 5.56 Å². The summed E-state index contributed by atoms with van der Waals surface area (Å²) in [6.45, 7) is 2.02. The largest absolute Gasteiger partial charge is 0.274 e. The number of carbonyl (C=O) groups is 1. The first-order valence-electron chi connectivity index (χ1n) is 5.94. The van der Waals surface area contributed by atoms with Crippen LogP contribution in [0.5, 0.6) is 0 Å². The van der Waals surface area contributed by atoms with Crippen LogP contribution in [0.15, 0.2) is 53.5 Å². The molecule has 0 atom stereocenters. The van der Waals surface area contributed by atoms with Gasteiger partial charge < -0.3 is 0 Å². The Kier molecular flexibility index (Phi) is 3.72. The first kappa shape index (κ1) is 12.3. The van der Waals surface area contributed by atoms with Gasteiger partial charge in [-0.25, -0.2) is 0 Å². The molecule has 2 aromatic rings. The van der Waals surface area contributed by atoms with Crippen LogP contribution in [-0.2, 0) is 6.42 Å². The van der Waals surface area contributed by atoms with E-state index in [0.717, 1.165) is 10.1 Å². The molecule has 0 aliphatic heterocycles. The highest BCUT2D eigenvalue weighted by atomic mass is 16.2. The maximum Gasteiger partial charge on any atom is 0.257 e. The van der Waals surface area contributed by atoms with Gasteiger partial charge in [0.2, 0.25) is 5.91 Å².